The Morgan fingerprint density at radius 1 is 1.32 bits per heavy atom. The Morgan fingerprint density at radius 3 is 2.68 bits per heavy atom. The Hall–Kier alpha value is -2.56. The van der Waals surface area contributed by atoms with Crippen molar-refractivity contribution in [3.05, 3.63) is 53.9 Å². The number of methoxy groups -OCH3 is 1. The van der Waals surface area contributed by atoms with Gasteiger partial charge < -0.3 is 15.8 Å². The van der Waals surface area contributed by atoms with Crippen LogP contribution in [-0.4, -0.2) is 18.0 Å². The van der Waals surface area contributed by atoms with Gasteiger partial charge in [-0.3, -0.25) is 9.78 Å². The highest BCUT2D eigenvalue weighted by molar-refractivity contribution is 5.91. The van der Waals surface area contributed by atoms with Gasteiger partial charge in [-0.05, 0) is 29.8 Å². The molecule has 98 valence electrons. The Labute approximate surface area is 111 Å². The zero-order valence-electron chi connectivity index (χ0n) is 10.6. The van der Waals surface area contributed by atoms with Crippen molar-refractivity contribution in [2.75, 3.05) is 12.4 Å². The van der Waals surface area contributed by atoms with Crippen LogP contribution in [0.4, 0.5) is 5.69 Å². The molecule has 0 saturated carbocycles. The van der Waals surface area contributed by atoms with Crippen molar-refractivity contribution in [2.24, 2.45) is 5.73 Å². The molecule has 1 aromatic heterocycles. The number of ether oxygens (including phenoxy) is 1. The molecule has 0 aliphatic rings. The van der Waals surface area contributed by atoms with E-state index in [-0.39, 0.29) is 5.69 Å². The second-order valence-corrected chi connectivity index (χ2v) is 4.00. The number of rotatable bonds is 5. The minimum atomic E-state index is -0.534. The molecule has 5 nitrogen and oxygen atoms in total. The number of anilines is 1. The van der Waals surface area contributed by atoms with Crippen LogP contribution in [-0.2, 0) is 6.54 Å². The molecule has 0 spiro atoms. The first-order valence-electron chi connectivity index (χ1n) is 5.81. The van der Waals surface area contributed by atoms with E-state index in [2.05, 4.69) is 10.3 Å². The first-order chi connectivity index (χ1) is 9.19. The standard InChI is InChI=1S/C14H15N3O2/c1-19-12-4-2-10(3-5-12)9-17-11-6-7-16-13(8-11)14(15)18/h2-8H,9H2,1H3,(H2,15,18)(H,16,17). The largest absolute Gasteiger partial charge is 0.497 e. The highest BCUT2D eigenvalue weighted by atomic mass is 16.5. The van der Waals surface area contributed by atoms with E-state index >= 15 is 0 Å². The molecule has 2 aromatic rings. The number of aromatic nitrogens is 1. The van der Waals surface area contributed by atoms with Gasteiger partial charge in [-0.2, -0.15) is 0 Å². The Bertz CT molecular complexity index is 567. The van der Waals surface area contributed by atoms with Crippen molar-refractivity contribution in [2.45, 2.75) is 6.54 Å². The molecule has 5 heteroatoms. The number of primary amides is 1. The van der Waals surface area contributed by atoms with E-state index in [1.54, 1.807) is 25.4 Å². The lowest BCUT2D eigenvalue weighted by Crippen LogP contribution is -2.13. The zero-order chi connectivity index (χ0) is 13.7. The van der Waals surface area contributed by atoms with Crippen molar-refractivity contribution in [1.29, 1.82) is 0 Å². The van der Waals surface area contributed by atoms with Crippen LogP contribution in [0, 0.1) is 0 Å². The molecule has 3 N–H and O–H groups in total. The lowest BCUT2D eigenvalue weighted by Gasteiger charge is -2.07. The van der Waals surface area contributed by atoms with Crippen LogP contribution in [0.5, 0.6) is 5.75 Å². The van der Waals surface area contributed by atoms with E-state index in [1.807, 2.05) is 24.3 Å². The second-order valence-electron chi connectivity index (χ2n) is 4.00. The van der Waals surface area contributed by atoms with E-state index in [9.17, 15) is 4.79 Å². The van der Waals surface area contributed by atoms with Crippen molar-refractivity contribution < 1.29 is 9.53 Å². The number of carbonyl (C=O) groups is 1. The molecule has 0 atom stereocenters. The quantitative estimate of drug-likeness (QED) is 0.856. The summed E-state index contributed by atoms with van der Waals surface area (Å²) in [4.78, 5) is 14.9. The molecule has 1 aromatic carbocycles. The molecule has 1 heterocycles. The maximum atomic E-state index is 11.0. The van der Waals surface area contributed by atoms with Crippen molar-refractivity contribution >= 4 is 11.6 Å². The molecule has 1 amide bonds. The average Bonchev–Trinajstić information content (AvgIpc) is 2.46. The summed E-state index contributed by atoms with van der Waals surface area (Å²) in [7, 11) is 1.63. The monoisotopic (exact) mass is 257 g/mol. The fraction of sp³-hybridized carbons (Fsp3) is 0.143. The van der Waals surface area contributed by atoms with Crippen LogP contribution < -0.4 is 15.8 Å². The SMILES string of the molecule is COc1ccc(CNc2ccnc(C(N)=O)c2)cc1. The van der Waals surface area contributed by atoms with Crippen molar-refractivity contribution in [1.82, 2.24) is 4.98 Å². The molecule has 2 rings (SSSR count). The molecule has 0 fully saturated rings. The summed E-state index contributed by atoms with van der Waals surface area (Å²) in [6.07, 6.45) is 1.55. The van der Waals surface area contributed by atoms with Gasteiger partial charge in [0, 0.05) is 18.4 Å². The topological polar surface area (TPSA) is 77.2 Å². The van der Waals surface area contributed by atoms with Gasteiger partial charge in [-0.1, -0.05) is 12.1 Å². The third-order valence-electron chi connectivity index (χ3n) is 2.67. The number of pyridine rings is 1. The summed E-state index contributed by atoms with van der Waals surface area (Å²) >= 11 is 0. The molecule has 0 bridgehead atoms. The van der Waals surface area contributed by atoms with Gasteiger partial charge in [0.15, 0.2) is 0 Å². The summed E-state index contributed by atoms with van der Waals surface area (Å²) in [5, 5.41) is 3.21. The molecule has 0 aliphatic heterocycles. The van der Waals surface area contributed by atoms with Crippen LogP contribution in [0.2, 0.25) is 0 Å². The number of amides is 1. The predicted molar refractivity (Wildman–Crippen MR) is 73.1 cm³/mol. The van der Waals surface area contributed by atoms with E-state index in [0.717, 1.165) is 17.0 Å². The number of hydrogen-bond donors (Lipinski definition) is 2. The van der Waals surface area contributed by atoms with Gasteiger partial charge in [0.2, 0.25) is 0 Å². The summed E-state index contributed by atoms with van der Waals surface area (Å²) < 4.78 is 5.09. The fourth-order valence-corrected chi connectivity index (χ4v) is 1.62. The van der Waals surface area contributed by atoms with Crippen LogP contribution in [0.15, 0.2) is 42.6 Å². The number of hydrogen-bond acceptors (Lipinski definition) is 4. The molecule has 0 saturated heterocycles. The molecule has 0 radical (unpaired) electrons. The highest BCUT2D eigenvalue weighted by Gasteiger charge is 2.02. The van der Waals surface area contributed by atoms with Crippen LogP contribution in [0.3, 0.4) is 0 Å². The Balaban J connectivity index is 2.01. The maximum absolute atomic E-state index is 11.0. The first-order valence-corrected chi connectivity index (χ1v) is 5.81. The Kier molecular flexibility index (Phi) is 3.97. The first kappa shape index (κ1) is 12.9. The number of benzene rings is 1. The molecule has 0 unspecified atom stereocenters. The van der Waals surface area contributed by atoms with Crippen LogP contribution >= 0.6 is 0 Å². The van der Waals surface area contributed by atoms with Gasteiger partial charge in [-0.15, -0.1) is 0 Å². The summed E-state index contributed by atoms with van der Waals surface area (Å²) in [6, 6.07) is 11.2. The van der Waals surface area contributed by atoms with Crippen molar-refractivity contribution in [3.8, 4) is 5.75 Å². The number of nitrogens with one attached hydrogen (secondary N) is 1. The lowest BCUT2D eigenvalue weighted by atomic mass is 10.2. The van der Waals surface area contributed by atoms with Crippen LogP contribution in [0.25, 0.3) is 0 Å². The minimum absolute atomic E-state index is 0.250. The molecule has 19 heavy (non-hydrogen) atoms. The normalized spacial score (nSPS) is 9.95. The highest BCUT2D eigenvalue weighted by Crippen LogP contribution is 2.13. The van der Waals surface area contributed by atoms with E-state index in [4.69, 9.17) is 10.5 Å². The summed E-state index contributed by atoms with van der Waals surface area (Å²) in [5.74, 6) is 0.289. The third-order valence-corrected chi connectivity index (χ3v) is 2.67. The summed E-state index contributed by atoms with van der Waals surface area (Å²) in [5.41, 5.74) is 7.34. The van der Waals surface area contributed by atoms with Gasteiger partial charge >= 0.3 is 0 Å². The minimum Gasteiger partial charge on any atom is -0.497 e. The van der Waals surface area contributed by atoms with Crippen molar-refractivity contribution in [3.63, 3.8) is 0 Å². The maximum Gasteiger partial charge on any atom is 0.267 e. The lowest BCUT2D eigenvalue weighted by molar-refractivity contribution is 0.0995. The average molecular weight is 257 g/mol. The van der Waals surface area contributed by atoms with E-state index < -0.39 is 5.91 Å². The summed E-state index contributed by atoms with van der Waals surface area (Å²) in [6.45, 7) is 0.645. The van der Waals surface area contributed by atoms with Crippen LogP contribution in [0.1, 0.15) is 16.1 Å². The predicted octanol–water partition coefficient (Wildman–Crippen LogP) is 1.80. The van der Waals surface area contributed by atoms with Gasteiger partial charge in [0.25, 0.3) is 5.91 Å². The number of nitrogens with two attached hydrogens (primary N) is 1. The van der Waals surface area contributed by atoms with E-state index in [1.165, 1.54) is 0 Å². The zero-order valence-corrected chi connectivity index (χ0v) is 10.6. The smallest absolute Gasteiger partial charge is 0.267 e. The van der Waals surface area contributed by atoms with Gasteiger partial charge in [0.05, 0.1) is 7.11 Å². The van der Waals surface area contributed by atoms with Gasteiger partial charge in [0.1, 0.15) is 11.4 Å². The molecule has 0 aliphatic carbocycles. The fourth-order valence-electron chi connectivity index (χ4n) is 1.62. The number of nitrogens with zero attached hydrogens (tertiary/aromatic N) is 1. The second kappa shape index (κ2) is 5.86. The molecular weight excluding hydrogens is 242 g/mol. The third kappa shape index (κ3) is 3.45. The Morgan fingerprint density at radius 2 is 2.05 bits per heavy atom. The van der Waals surface area contributed by atoms with Gasteiger partial charge in [-0.25, -0.2) is 0 Å². The molecular formula is C14H15N3O2. The number of carbonyl (C=O) groups excluding carboxylic acids is 1. The van der Waals surface area contributed by atoms with E-state index in [0.29, 0.717) is 6.54 Å².